The molecule has 0 saturated carbocycles. The third-order valence-electron chi connectivity index (χ3n) is 4.60. The summed E-state index contributed by atoms with van der Waals surface area (Å²) in [5.41, 5.74) is 0.603. The zero-order valence-electron chi connectivity index (χ0n) is 13.9. The maximum atomic E-state index is 12.5. The van der Waals surface area contributed by atoms with Crippen LogP contribution in [0.5, 0.6) is 0 Å². The normalized spacial score (nSPS) is 16.4. The summed E-state index contributed by atoms with van der Waals surface area (Å²) in [6.07, 6.45) is 0.747. The van der Waals surface area contributed by atoms with Gasteiger partial charge < -0.3 is 15.2 Å². The number of carbonyl (C=O) groups excluding carboxylic acids is 1. The van der Waals surface area contributed by atoms with E-state index in [9.17, 15) is 14.7 Å². The second-order valence-electron chi connectivity index (χ2n) is 6.15. The molecule has 2 aromatic rings. The summed E-state index contributed by atoms with van der Waals surface area (Å²) in [6, 6.07) is 9.37. The van der Waals surface area contributed by atoms with Crippen molar-refractivity contribution < 1.29 is 19.4 Å². The molecule has 8 heteroatoms. The standard InChI is InChI=1S/C17H20N4O4/c1-12-14(19-20-21(12)13-5-3-2-4-6-13)15(22)18-11-17(16(23)24)7-9-25-10-8-17/h2-6H,7-11H2,1H3,(H,18,22)(H,23,24). The average molecular weight is 344 g/mol. The van der Waals surface area contributed by atoms with Crippen LogP contribution in [0.2, 0.25) is 0 Å². The van der Waals surface area contributed by atoms with E-state index in [0.717, 1.165) is 5.69 Å². The van der Waals surface area contributed by atoms with Gasteiger partial charge in [0.2, 0.25) is 0 Å². The highest BCUT2D eigenvalue weighted by Gasteiger charge is 2.40. The van der Waals surface area contributed by atoms with Crippen molar-refractivity contribution in [1.82, 2.24) is 20.3 Å². The van der Waals surface area contributed by atoms with Gasteiger partial charge in [-0.25, -0.2) is 4.68 Å². The maximum Gasteiger partial charge on any atom is 0.311 e. The highest BCUT2D eigenvalue weighted by molar-refractivity contribution is 5.93. The number of hydrogen-bond donors (Lipinski definition) is 2. The highest BCUT2D eigenvalue weighted by atomic mass is 16.5. The molecule has 0 spiro atoms. The molecule has 25 heavy (non-hydrogen) atoms. The summed E-state index contributed by atoms with van der Waals surface area (Å²) in [4.78, 5) is 24.1. The molecule has 3 rings (SSSR count). The molecule has 1 amide bonds. The Labute approximate surface area is 144 Å². The van der Waals surface area contributed by atoms with Gasteiger partial charge in [-0.05, 0) is 31.9 Å². The summed E-state index contributed by atoms with van der Waals surface area (Å²) < 4.78 is 6.82. The van der Waals surface area contributed by atoms with Crippen LogP contribution in [0.3, 0.4) is 0 Å². The second kappa shape index (κ2) is 7.02. The van der Waals surface area contributed by atoms with Crippen molar-refractivity contribution in [3.63, 3.8) is 0 Å². The minimum atomic E-state index is -0.989. The molecular weight excluding hydrogens is 324 g/mol. The summed E-state index contributed by atoms with van der Waals surface area (Å²) in [5, 5.41) is 20.2. The largest absolute Gasteiger partial charge is 0.481 e. The van der Waals surface area contributed by atoms with Crippen molar-refractivity contribution in [2.24, 2.45) is 5.41 Å². The van der Waals surface area contributed by atoms with Gasteiger partial charge in [-0.2, -0.15) is 0 Å². The van der Waals surface area contributed by atoms with Crippen molar-refractivity contribution in [2.75, 3.05) is 19.8 Å². The second-order valence-corrected chi connectivity index (χ2v) is 6.15. The van der Waals surface area contributed by atoms with E-state index in [0.29, 0.717) is 31.7 Å². The molecule has 2 N–H and O–H groups in total. The van der Waals surface area contributed by atoms with Gasteiger partial charge in [0.25, 0.3) is 5.91 Å². The first-order valence-corrected chi connectivity index (χ1v) is 8.10. The van der Waals surface area contributed by atoms with Crippen LogP contribution < -0.4 is 5.32 Å². The van der Waals surface area contributed by atoms with Gasteiger partial charge in [0.1, 0.15) is 0 Å². The fraction of sp³-hybridized carbons (Fsp3) is 0.412. The molecule has 0 aliphatic carbocycles. The zero-order valence-corrected chi connectivity index (χ0v) is 13.9. The van der Waals surface area contributed by atoms with Gasteiger partial charge in [0.15, 0.2) is 5.69 Å². The topological polar surface area (TPSA) is 106 Å². The number of rotatable bonds is 5. The lowest BCUT2D eigenvalue weighted by atomic mass is 9.80. The summed E-state index contributed by atoms with van der Waals surface area (Å²) in [6.45, 7) is 2.56. The molecule has 0 unspecified atom stereocenters. The smallest absolute Gasteiger partial charge is 0.311 e. The molecular formula is C17H20N4O4. The van der Waals surface area contributed by atoms with E-state index in [1.165, 1.54) is 0 Å². The van der Waals surface area contributed by atoms with Crippen molar-refractivity contribution >= 4 is 11.9 Å². The van der Waals surface area contributed by atoms with Gasteiger partial charge >= 0.3 is 5.97 Å². The fourth-order valence-corrected chi connectivity index (χ4v) is 2.91. The number of benzene rings is 1. The molecule has 0 bridgehead atoms. The SMILES string of the molecule is Cc1c(C(=O)NCC2(C(=O)O)CCOCC2)nnn1-c1ccccc1. The molecule has 2 heterocycles. The lowest BCUT2D eigenvalue weighted by Gasteiger charge is -2.33. The van der Waals surface area contributed by atoms with Crippen LogP contribution >= 0.6 is 0 Å². The van der Waals surface area contributed by atoms with E-state index >= 15 is 0 Å². The number of carboxylic acid groups (broad SMARTS) is 1. The Balaban J connectivity index is 1.74. The maximum absolute atomic E-state index is 12.5. The number of hydrogen-bond acceptors (Lipinski definition) is 5. The number of nitrogens with zero attached hydrogens (tertiary/aromatic N) is 3. The molecule has 0 radical (unpaired) electrons. The van der Waals surface area contributed by atoms with E-state index < -0.39 is 17.3 Å². The predicted molar refractivity (Wildman–Crippen MR) is 88.6 cm³/mol. The van der Waals surface area contributed by atoms with Crippen LogP contribution in [0.25, 0.3) is 5.69 Å². The Bertz CT molecular complexity index is 766. The Kier molecular flexibility index (Phi) is 4.80. The minimum Gasteiger partial charge on any atom is -0.481 e. The molecule has 1 aliphatic heterocycles. The van der Waals surface area contributed by atoms with Crippen LogP contribution in [-0.2, 0) is 9.53 Å². The Hall–Kier alpha value is -2.74. The lowest BCUT2D eigenvalue weighted by Crippen LogP contribution is -2.46. The van der Waals surface area contributed by atoms with Gasteiger partial charge in [-0.15, -0.1) is 5.10 Å². The van der Waals surface area contributed by atoms with E-state index in [4.69, 9.17) is 4.74 Å². The molecule has 1 fully saturated rings. The molecule has 0 atom stereocenters. The number of aromatic nitrogens is 3. The molecule has 1 aromatic heterocycles. The third kappa shape index (κ3) is 3.39. The quantitative estimate of drug-likeness (QED) is 0.844. The van der Waals surface area contributed by atoms with Gasteiger partial charge in [-0.3, -0.25) is 9.59 Å². The Morgan fingerprint density at radius 1 is 1.28 bits per heavy atom. The first-order valence-electron chi connectivity index (χ1n) is 8.10. The minimum absolute atomic E-state index is 0.0438. The van der Waals surface area contributed by atoms with Gasteiger partial charge in [0.05, 0.1) is 16.8 Å². The monoisotopic (exact) mass is 344 g/mol. The predicted octanol–water partition coefficient (Wildman–Crippen LogP) is 1.19. The number of aliphatic carboxylic acids is 1. The van der Waals surface area contributed by atoms with E-state index in [1.54, 1.807) is 11.6 Å². The van der Waals surface area contributed by atoms with Crippen LogP contribution in [0.4, 0.5) is 0 Å². The van der Waals surface area contributed by atoms with E-state index in [2.05, 4.69) is 15.6 Å². The fourth-order valence-electron chi connectivity index (χ4n) is 2.91. The van der Waals surface area contributed by atoms with Gasteiger partial charge in [0, 0.05) is 19.8 Å². The highest BCUT2D eigenvalue weighted by Crippen LogP contribution is 2.30. The Morgan fingerprint density at radius 3 is 2.60 bits per heavy atom. The summed E-state index contributed by atoms with van der Waals surface area (Å²) in [7, 11) is 0. The first-order chi connectivity index (χ1) is 12.0. The Morgan fingerprint density at radius 2 is 1.96 bits per heavy atom. The van der Waals surface area contributed by atoms with Crippen molar-refractivity contribution in [3.05, 3.63) is 41.7 Å². The van der Waals surface area contributed by atoms with Crippen molar-refractivity contribution in [2.45, 2.75) is 19.8 Å². The number of amides is 1. The third-order valence-corrected chi connectivity index (χ3v) is 4.60. The number of ether oxygens (including phenoxy) is 1. The molecule has 1 aliphatic rings. The molecule has 8 nitrogen and oxygen atoms in total. The zero-order chi connectivity index (χ0) is 17.9. The number of carbonyl (C=O) groups is 2. The summed E-state index contributed by atoms with van der Waals surface area (Å²) >= 11 is 0. The average Bonchev–Trinajstić information content (AvgIpc) is 3.02. The van der Waals surface area contributed by atoms with Crippen LogP contribution in [0.1, 0.15) is 29.0 Å². The number of carboxylic acids is 1. The van der Waals surface area contributed by atoms with Crippen LogP contribution in [0.15, 0.2) is 30.3 Å². The molecule has 1 saturated heterocycles. The van der Waals surface area contributed by atoms with Crippen molar-refractivity contribution in [3.8, 4) is 5.69 Å². The summed E-state index contributed by atoms with van der Waals surface area (Å²) in [5.74, 6) is -1.34. The number of para-hydroxylation sites is 1. The number of nitrogens with one attached hydrogen (secondary N) is 1. The van der Waals surface area contributed by atoms with E-state index in [1.807, 2.05) is 30.3 Å². The molecule has 1 aromatic carbocycles. The van der Waals surface area contributed by atoms with E-state index in [-0.39, 0.29) is 12.2 Å². The van der Waals surface area contributed by atoms with Gasteiger partial charge in [-0.1, -0.05) is 23.4 Å². The van der Waals surface area contributed by atoms with Crippen molar-refractivity contribution in [1.29, 1.82) is 0 Å². The molecule has 132 valence electrons. The van der Waals surface area contributed by atoms with Crippen LogP contribution in [0, 0.1) is 12.3 Å². The lowest BCUT2D eigenvalue weighted by molar-refractivity contribution is -0.154. The van der Waals surface area contributed by atoms with Crippen LogP contribution in [-0.4, -0.2) is 51.7 Å². The first kappa shape index (κ1) is 17.1.